The Labute approximate surface area is 120 Å². The smallest absolute Gasteiger partial charge is 0.328 e. The van der Waals surface area contributed by atoms with Crippen molar-refractivity contribution in [1.82, 2.24) is 0 Å². The van der Waals surface area contributed by atoms with Gasteiger partial charge in [0.2, 0.25) is 0 Å². The van der Waals surface area contributed by atoms with Crippen molar-refractivity contribution in [2.24, 2.45) is 5.92 Å². The molecule has 5 nitrogen and oxygen atoms in total. The van der Waals surface area contributed by atoms with Gasteiger partial charge in [0.05, 0.1) is 23.4 Å². The van der Waals surface area contributed by atoms with Crippen molar-refractivity contribution in [2.75, 3.05) is 18.2 Å². The van der Waals surface area contributed by atoms with Gasteiger partial charge >= 0.3 is 5.97 Å². The van der Waals surface area contributed by atoms with Gasteiger partial charge in [-0.1, -0.05) is 32.9 Å². The summed E-state index contributed by atoms with van der Waals surface area (Å²) in [7, 11) is -2.03. The van der Waals surface area contributed by atoms with Crippen molar-refractivity contribution in [1.29, 1.82) is 0 Å². The molecule has 0 heterocycles. The van der Waals surface area contributed by atoms with Crippen molar-refractivity contribution in [2.45, 2.75) is 31.7 Å². The highest BCUT2D eigenvalue weighted by Gasteiger charge is 2.25. The van der Waals surface area contributed by atoms with E-state index in [1.54, 1.807) is 25.1 Å². The molecule has 0 aliphatic heterocycles. The van der Waals surface area contributed by atoms with Crippen LogP contribution in [0.4, 0.5) is 5.69 Å². The Hall–Kier alpha value is -1.56. The van der Waals surface area contributed by atoms with Crippen LogP contribution in [0.25, 0.3) is 0 Å². The fraction of sp³-hybridized carbons (Fsp3) is 0.500. The number of hydrogen-bond donors (Lipinski definition) is 1. The van der Waals surface area contributed by atoms with E-state index in [-0.39, 0.29) is 16.6 Å². The summed E-state index contributed by atoms with van der Waals surface area (Å²) in [6.07, 6.45) is 0. The normalized spacial score (nSPS) is 13.1. The van der Waals surface area contributed by atoms with E-state index in [0.29, 0.717) is 5.69 Å². The number of ether oxygens (including phenoxy) is 1. The molecule has 0 amide bonds. The first kappa shape index (κ1) is 16.5. The lowest BCUT2D eigenvalue weighted by atomic mass is 10.0. The Morgan fingerprint density at radius 1 is 1.30 bits per heavy atom. The maximum Gasteiger partial charge on any atom is 0.328 e. The second-order valence-electron chi connectivity index (χ2n) is 4.79. The molecule has 1 rings (SSSR count). The van der Waals surface area contributed by atoms with E-state index >= 15 is 0 Å². The average molecular weight is 299 g/mol. The molecule has 0 saturated carbocycles. The third-order valence-electron chi connectivity index (χ3n) is 3.03. The second-order valence-corrected chi connectivity index (χ2v) is 7.04. The summed E-state index contributed by atoms with van der Waals surface area (Å²) in [5, 5.41) is 2.98. The SMILES string of the molecule is CCS(=O)(=O)c1ccccc1NC(C(=O)OC)C(C)C. The van der Waals surface area contributed by atoms with Gasteiger partial charge in [-0.3, -0.25) is 0 Å². The molecule has 1 aromatic carbocycles. The van der Waals surface area contributed by atoms with Crippen LogP contribution >= 0.6 is 0 Å². The molecule has 0 aromatic heterocycles. The van der Waals surface area contributed by atoms with E-state index < -0.39 is 21.8 Å². The minimum Gasteiger partial charge on any atom is -0.467 e. The van der Waals surface area contributed by atoms with E-state index in [1.165, 1.54) is 13.2 Å². The van der Waals surface area contributed by atoms with E-state index in [9.17, 15) is 13.2 Å². The maximum atomic E-state index is 12.1. The van der Waals surface area contributed by atoms with E-state index in [0.717, 1.165) is 0 Å². The van der Waals surface area contributed by atoms with Crippen molar-refractivity contribution < 1.29 is 17.9 Å². The Bertz CT molecular complexity index is 566. The number of hydrogen-bond acceptors (Lipinski definition) is 5. The highest BCUT2D eigenvalue weighted by atomic mass is 32.2. The lowest BCUT2D eigenvalue weighted by Crippen LogP contribution is -2.36. The quantitative estimate of drug-likeness (QED) is 0.814. The summed E-state index contributed by atoms with van der Waals surface area (Å²) in [5.41, 5.74) is 0.429. The summed E-state index contributed by atoms with van der Waals surface area (Å²) in [6, 6.07) is 5.99. The van der Waals surface area contributed by atoms with Crippen LogP contribution in [-0.4, -0.2) is 33.3 Å². The molecule has 0 radical (unpaired) electrons. The summed E-state index contributed by atoms with van der Waals surface area (Å²) in [4.78, 5) is 12.0. The predicted octanol–water partition coefficient (Wildman–Crippen LogP) is 2.09. The summed E-state index contributed by atoms with van der Waals surface area (Å²) >= 11 is 0. The Kier molecular flexibility index (Phi) is 5.56. The van der Waals surface area contributed by atoms with Crippen molar-refractivity contribution in [3.05, 3.63) is 24.3 Å². The van der Waals surface area contributed by atoms with Gasteiger partial charge < -0.3 is 10.1 Å². The van der Waals surface area contributed by atoms with E-state index in [2.05, 4.69) is 5.32 Å². The first-order valence-electron chi connectivity index (χ1n) is 6.49. The monoisotopic (exact) mass is 299 g/mol. The van der Waals surface area contributed by atoms with E-state index in [1.807, 2.05) is 13.8 Å². The largest absolute Gasteiger partial charge is 0.467 e. The number of methoxy groups -OCH3 is 1. The van der Waals surface area contributed by atoms with Crippen molar-refractivity contribution in [3.63, 3.8) is 0 Å². The van der Waals surface area contributed by atoms with Crippen LogP contribution in [0, 0.1) is 5.92 Å². The van der Waals surface area contributed by atoms with Gasteiger partial charge in [-0.25, -0.2) is 13.2 Å². The number of benzene rings is 1. The van der Waals surface area contributed by atoms with E-state index in [4.69, 9.17) is 4.74 Å². The first-order chi connectivity index (χ1) is 9.33. The third-order valence-corrected chi connectivity index (χ3v) is 4.82. The molecule has 0 spiro atoms. The first-order valence-corrected chi connectivity index (χ1v) is 8.14. The zero-order valence-electron chi connectivity index (χ0n) is 12.2. The maximum absolute atomic E-state index is 12.1. The Balaban J connectivity index is 3.18. The molecule has 20 heavy (non-hydrogen) atoms. The number of sulfone groups is 1. The van der Waals surface area contributed by atoms with Crippen LogP contribution < -0.4 is 5.32 Å². The molecule has 0 bridgehead atoms. The fourth-order valence-electron chi connectivity index (χ4n) is 1.80. The average Bonchev–Trinajstić information content (AvgIpc) is 2.43. The number of esters is 1. The zero-order chi connectivity index (χ0) is 15.3. The van der Waals surface area contributed by atoms with Crippen molar-refractivity contribution >= 4 is 21.5 Å². The lowest BCUT2D eigenvalue weighted by molar-refractivity contribution is -0.142. The van der Waals surface area contributed by atoms with Gasteiger partial charge in [-0.15, -0.1) is 0 Å². The number of carbonyl (C=O) groups excluding carboxylic acids is 1. The number of para-hydroxylation sites is 1. The van der Waals surface area contributed by atoms with Gasteiger partial charge in [-0.2, -0.15) is 0 Å². The molecular weight excluding hydrogens is 278 g/mol. The van der Waals surface area contributed by atoms with Crippen LogP contribution in [0.3, 0.4) is 0 Å². The molecule has 0 fully saturated rings. The van der Waals surface area contributed by atoms with Gasteiger partial charge in [0.15, 0.2) is 9.84 Å². The number of carbonyl (C=O) groups is 1. The second kappa shape index (κ2) is 6.74. The molecule has 1 N–H and O–H groups in total. The number of rotatable bonds is 6. The standard InChI is InChI=1S/C14H21NO4S/c1-5-20(17,18)12-9-7-6-8-11(12)15-13(10(2)3)14(16)19-4/h6-10,13,15H,5H2,1-4H3. The minimum absolute atomic E-state index is 0.0102. The van der Waals surface area contributed by atoms with Gasteiger partial charge in [0, 0.05) is 0 Å². The minimum atomic E-state index is -3.35. The Morgan fingerprint density at radius 3 is 2.40 bits per heavy atom. The molecule has 1 aromatic rings. The fourth-order valence-corrected chi connectivity index (χ4v) is 2.86. The van der Waals surface area contributed by atoms with Crippen LogP contribution in [0.2, 0.25) is 0 Å². The van der Waals surface area contributed by atoms with Crippen LogP contribution in [0.1, 0.15) is 20.8 Å². The van der Waals surface area contributed by atoms with Crippen LogP contribution in [-0.2, 0) is 19.4 Å². The third kappa shape index (κ3) is 3.72. The highest BCUT2D eigenvalue weighted by molar-refractivity contribution is 7.91. The van der Waals surface area contributed by atoms with Crippen LogP contribution in [0.5, 0.6) is 0 Å². The molecule has 0 aliphatic rings. The van der Waals surface area contributed by atoms with Gasteiger partial charge in [0.1, 0.15) is 6.04 Å². The topological polar surface area (TPSA) is 72.5 Å². The summed E-state index contributed by atoms with van der Waals surface area (Å²) in [6.45, 7) is 5.32. The molecular formula is C14H21NO4S. The summed E-state index contributed by atoms with van der Waals surface area (Å²) < 4.78 is 28.9. The number of anilines is 1. The zero-order valence-corrected chi connectivity index (χ0v) is 13.0. The molecule has 1 atom stereocenters. The highest BCUT2D eigenvalue weighted by Crippen LogP contribution is 2.24. The van der Waals surface area contributed by atoms with Gasteiger partial charge in [-0.05, 0) is 18.1 Å². The van der Waals surface area contributed by atoms with Crippen LogP contribution in [0.15, 0.2) is 29.2 Å². The lowest BCUT2D eigenvalue weighted by Gasteiger charge is -2.22. The molecule has 1 unspecified atom stereocenters. The number of nitrogens with one attached hydrogen (secondary N) is 1. The summed E-state index contributed by atoms with van der Waals surface area (Å²) in [5.74, 6) is -0.431. The molecule has 0 aliphatic carbocycles. The van der Waals surface area contributed by atoms with Crippen molar-refractivity contribution in [3.8, 4) is 0 Å². The molecule has 6 heteroatoms. The molecule has 0 saturated heterocycles. The predicted molar refractivity (Wildman–Crippen MR) is 78.4 cm³/mol. The Morgan fingerprint density at radius 2 is 1.90 bits per heavy atom. The van der Waals surface area contributed by atoms with Gasteiger partial charge in [0.25, 0.3) is 0 Å². The molecule has 112 valence electrons.